The van der Waals surface area contributed by atoms with Crippen LogP contribution in [0.4, 0.5) is 5.69 Å². The largest absolute Gasteiger partial charge is 0.497 e. The van der Waals surface area contributed by atoms with Gasteiger partial charge in [0.25, 0.3) is 0 Å². The molecule has 3 aromatic carbocycles. The summed E-state index contributed by atoms with van der Waals surface area (Å²) in [5.74, 6) is 0.503. The molecular formula is C31H35N5O4. The Labute approximate surface area is 234 Å². The van der Waals surface area contributed by atoms with Crippen LogP contribution in [0.25, 0.3) is 11.0 Å². The summed E-state index contributed by atoms with van der Waals surface area (Å²) in [6.07, 6.45) is 3.97. The minimum absolute atomic E-state index is 0.0634. The fraction of sp³-hybridized carbons (Fsp3) is 0.355. The Kier molecular flexibility index (Phi) is 8.00. The van der Waals surface area contributed by atoms with Gasteiger partial charge in [0.2, 0.25) is 11.8 Å². The van der Waals surface area contributed by atoms with E-state index in [9.17, 15) is 9.59 Å². The van der Waals surface area contributed by atoms with Crippen LogP contribution < -0.4 is 19.7 Å². The van der Waals surface area contributed by atoms with Crippen LogP contribution in [-0.2, 0) is 16.1 Å². The van der Waals surface area contributed by atoms with Gasteiger partial charge in [-0.15, -0.1) is 5.10 Å². The van der Waals surface area contributed by atoms with Gasteiger partial charge in [0, 0.05) is 17.7 Å². The third kappa shape index (κ3) is 5.36. The van der Waals surface area contributed by atoms with Gasteiger partial charge in [-0.25, -0.2) is 4.68 Å². The molecule has 9 nitrogen and oxygen atoms in total. The molecule has 208 valence electrons. The molecule has 4 aromatic rings. The van der Waals surface area contributed by atoms with Crippen molar-refractivity contribution in [3.63, 3.8) is 0 Å². The Hall–Kier alpha value is -4.40. The minimum Gasteiger partial charge on any atom is -0.497 e. The quantitative estimate of drug-likeness (QED) is 0.324. The van der Waals surface area contributed by atoms with Gasteiger partial charge in [-0.2, -0.15) is 0 Å². The van der Waals surface area contributed by atoms with Crippen molar-refractivity contribution in [3.05, 3.63) is 77.4 Å². The Balaban J connectivity index is 1.66. The molecule has 1 atom stereocenters. The van der Waals surface area contributed by atoms with E-state index in [2.05, 4.69) is 15.6 Å². The Morgan fingerprint density at radius 3 is 2.42 bits per heavy atom. The first kappa shape index (κ1) is 27.2. The summed E-state index contributed by atoms with van der Waals surface area (Å²) in [4.78, 5) is 30.3. The number of amides is 2. The zero-order valence-corrected chi connectivity index (χ0v) is 23.4. The number of aryl methyl sites for hydroxylation is 2. The Morgan fingerprint density at radius 1 is 1.00 bits per heavy atom. The number of nitrogens with zero attached hydrogens (tertiary/aromatic N) is 4. The molecule has 1 fully saturated rings. The van der Waals surface area contributed by atoms with E-state index in [0.29, 0.717) is 28.3 Å². The van der Waals surface area contributed by atoms with Gasteiger partial charge in [-0.3, -0.25) is 14.5 Å². The molecule has 2 amide bonds. The third-order valence-electron chi connectivity index (χ3n) is 7.60. The summed E-state index contributed by atoms with van der Waals surface area (Å²) in [5.41, 5.74) is 4.44. The van der Waals surface area contributed by atoms with Crippen LogP contribution in [0.15, 0.2) is 60.7 Å². The van der Waals surface area contributed by atoms with Crippen molar-refractivity contribution in [2.24, 2.45) is 0 Å². The second-order valence-electron chi connectivity index (χ2n) is 10.2. The molecule has 0 saturated heterocycles. The number of rotatable bonds is 9. The SMILES string of the molecule is COc1ccc([C@H](C(=O)NC2CCCC2)N(C(=O)Cn2nnc3ccccc32)c2c(C)cccc2C)c(OC)c1. The molecule has 1 saturated carbocycles. The van der Waals surface area contributed by atoms with Crippen molar-refractivity contribution in [2.45, 2.75) is 58.2 Å². The van der Waals surface area contributed by atoms with Crippen LogP contribution >= 0.6 is 0 Å². The number of nitrogens with one attached hydrogen (secondary N) is 1. The van der Waals surface area contributed by atoms with Crippen LogP contribution in [-0.4, -0.2) is 47.1 Å². The van der Waals surface area contributed by atoms with Crippen LogP contribution in [0.3, 0.4) is 0 Å². The number of aromatic nitrogens is 3. The van der Waals surface area contributed by atoms with Gasteiger partial charge in [0.1, 0.15) is 29.6 Å². The number of carbonyl (C=O) groups excluding carboxylic acids is 2. The van der Waals surface area contributed by atoms with Crippen molar-refractivity contribution in [1.82, 2.24) is 20.3 Å². The highest BCUT2D eigenvalue weighted by atomic mass is 16.5. The average molecular weight is 542 g/mol. The predicted molar refractivity (Wildman–Crippen MR) is 154 cm³/mol. The maximum atomic E-state index is 14.4. The lowest BCUT2D eigenvalue weighted by Crippen LogP contribution is -2.48. The molecule has 1 heterocycles. The molecule has 40 heavy (non-hydrogen) atoms. The standard InChI is InChI=1S/C31H35N5O4/c1-20-10-9-11-21(2)29(20)36(28(37)19-35-26-15-8-7-14-25(26)33-34-35)30(31(38)32-22-12-5-6-13-22)24-17-16-23(39-3)18-27(24)40-4/h7-11,14-18,22,30H,5-6,12-13,19H2,1-4H3,(H,32,38)/t30-/m1/s1. The van der Waals surface area contributed by atoms with E-state index in [4.69, 9.17) is 9.47 Å². The zero-order chi connectivity index (χ0) is 28.2. The number of ether oxygens (including phenoxy) is 2. The van der Waals surface area contributed by atoms with E-state index in [1.54, 1.807) is 42.0 Å². The summed E-state index contributed by atoms with van der Waals surface area (Å²) in [5, 5.41) is 11.7. The van der Waals surface area contributed by atoms with Gasteiger partial charge in [0.15, 0.2) is 0 Å². The topological polar surface area (TPSA) is 98.6 Å². The fourth-order valence-electron chi connectivity index (χ4n) is 5.61. The molecule has 0 unspecified atom stereocenters. The minimum atomic E-state index is -0.997. The van der Waals surface area contributed by atoms with Crippen LogP contribution in [0.5, 0.6) is 11.5 Å². The lowest BCUT2D eigenvalue weighted by molar-refractivity contribution is -0.127. The lowest BCUT2D eigenvalue weighted by Gasteiger charge is -2.35. The Morgan fingerprint density at radius 2 is 1.73 bits per heavy atom. The number of hydrogen-bond acceptors (Lipinski definition) is 6. The number of hydrogen-bond donors (Lipinski definition) is 1. The van der Waals surface area contributed by atoms with Crippen LogP contribution in [0.2, 0.25) is 0 Å². The normalized spacial score (nSPS) is 14.2. The molecule has 0 aliphatic heterocycles. The summed E-state index contributed by atoms with van der Waals surface area (Å²) in [6.45, 7) is 3.80. The summed E-state index contributed by atoms with van der Waals surface area (Å²) < 4.78 is 12.8. The highest BCUT2D eigenvalue weighted by Crippen LogP contribution is 2.38. The molecule has 1 N–H and O–H groups in total. The number of carbonyl (C=O) groups is 2. The smallest absolute Gasteiger partial charge is 0.249 e. The average Bonchev–Trinajstić information content (AvgIpc) is 3.62. The van der Waals surface area contributed by atoms with Gasteiger partial charge in [-0.1, -0.05) is 48.4 Å². The fourth-order valence-corrected chi connectivity index (χ4v) is 5.61. The van der Waals surface area contributed by atoms with Crippen molar-refractivity contribution >= 4 is 28.5 Å². The highest BCUT2D eigenvalue weighted by molar-refractivity contribution is 6.03. The number of fused-ring (bicyclic) bond motifs is 1. The molecule has 0 spiro atoms. The summed E-state index contributed by atoms with van der Waals surface area (Å²) in [7, 11) is 3.13. The molecule has 5 rings (SSSR count). The summed E-state index contributed by atoms with van der Waals surface area (Å²) >= 11 is 0. The number of anilines is 1. The summed E-state index contributed by atoms with van der Waals surface area (Å²) in [6, 6.07) is 17.7. The Bertz CT molecular complexity index is 1510. The van der Waals surface area contributed by atoms with Crippen molar-refractivity contribution in [1.29, 1.82) is 0 Å². The maximum Gasteiger partial charge on any atom is 0.249 e. The van der Waals surface area contributed by atoms with E-state index in [0.717, 1.165) is 42.3 Å². The number of para-hydroxylation sites is 2. The van der Waals surface area contributed by atoms with Crippen LogP contribution in [0, 0.1) is 13.8 Å². The molecule has 9 heteroatoms. The van der Waals surface area contributed by atoms with Crippen LogP contribution in [0.1, 0.15) is 48.4 Å². The molecule has 1 aromatic heterocycles. The number of benzene rings is 3. The van der Waals surface area contributed by atoms with E-state index >= 15 is 0 Å². The van der Waals surface area contributed by atoms with Gasteiger partial charge < -0.3 is 14.8 Å². The predicted octanol–water partition coefficient (Wildman–Crippen LogP) is 4.90. The van der Waals surface area contributed by atoms with E-state index in [-0.39, 0.29) is 24.4 Å². The molecule has 0 radical (unpaired) electrons. The van der Waals surface area contributed by atoms with Crippen molar-refractivity contribution in [3.8, 4) is 11.5 Å². The maximum absolute atomic E-state index is 14.4. The first-order valence-electron chi connectivity index (χ1n) is 13.6. The van der Waals surface area contributed by atoms with E-state index in [1.165, 1.54) is 0 Å². The van der Waals surface area contributed by atoms with Crippen molar-refractivity contribution in [2.75, 3.05) is 19.1 Å². The molecule has 1 aliphatic carbocycles. The molecular weight excluding hydrogens is 506 g/mol. The van der Waals surface area contributed by atoms with Gasteiger partial charge in [-0.05, 0) is 62.1 Å². The monoisotopic (exact) mass is 541 g/mol. The molecule has 1 aliphatic rings. The molecule has 0 bridgehead atoms. The number of methoxy groups -OCH3 is 2. The van der Waals surface area contributed by atoms with Gasteiger partial charge >= 0.3 is 0 Å². The van der Waals surface area contributed by atoms with Crippen molar-refractivity contribution < 1.29 is 19.1 Å². The second kappa shape index (κ2) is 11.8. The first-order chi connectivity index (χ1) is 19.4. The first-order valence-corrected chi connectivity index (χ1v) is 13.6. The van der Waals surface area contributed by atoms with E-state index < -0.39 is 6.04 Å². The second-order valence-corrected chi connectivity index (χ2v) is 10.2. The van der Waals surface area contributed by atoms with Gasteiger partial charge in [0.05, 0.1) is 25.4 Å². The third-order valence-corrected chi connectivity index (χ3v) is 7.60. The highest BCUT2D eigenvalue weighted by Gasteiger charge is 2.37. The lowest BCUT2D eigenvalue weighted by atomic mass is 9.98. The van der Waals surface area contributed by atoms with E-state index in [1.807, 2.05) is 56.3 Å². The zero-order valence-electron chi connectivity index (χ0n) is 23.4.